The van der Waals surface area contributed by atoms with Crippen molar-refractivity contribution in [3.63, 3.8) is 0 Å². The Hall–Kier alpha value is -1.64. The van der Waals surface area contributed by atoms with Crippen LogP contribution in [0.2, 0.25) is 0 Å². The summed E-state index contributed by atoms with van der Waals surface area (Å²) in [5.41, 5.74) is 5.38. The number of quaternary nitrogens is 1. The van der Waals surface area contributed by atoms with E-state index in [-0.39, 0.29) is 6.04 Å². The molecule has 0 amide bonds. The third-order valence-corrected chi connectivity index (χ3v) is 5.73. The topological polar surface area (TPSA) is 80.0 Å². The molecule has 0 radical (unpaired) electrons. The SMILES string of the molecule is COc1cccc(CSc2nn3c([C@@H]([NH3+])C(C)C)nnc3s2)c1. The first-order chi connectivity index (χ1) is 11.1. The average Bonchev–Trinajstić information content (AvgIpc) is 3.12. The minimum Gasteiger partial charge on any atom is -0.497 e. The zero-order valence-electron chi connectivity index (χ0n) is 13.4. The highest BCUT2D eigenvalue weighted by molar-refractivity contribution is 8.00. The number of thioether (sulfide) groups is 1. The van der Waals surface area contributed by atoms with E-state index < -0.39 is 0 Å². The fourth-order valence-corrected chi connectivity index (χ4v) is 3.94. The van der Waals surface area contributed by atoms with Crippen LogP contribution in [0, 0.1) is 5.92 Å². The summed E-state index contributed by atoms with van der Waals surface area (Å²) >= 11 is 3.25. The summed E-state index contributed by atoms with van der Waals surface area (Å²) in [5.74, 6) is 2.95. The summed E-state index contributed by atoms with van der Waals surface area (Å²) in [6.45, 7) is 4.26. The Balaban J connectivity index is 1.76. The van der Waals surface area contributed by atoms with E-state index in [9.17, 15) is 0 Å². The molecule has 1 aromatic carbocycles. The second kappa shape index (κ2) is 6.86. The van der Waals surface area contributed by atoms with Crippen molar-refractivity contribution in [1.82, 2.24) is 19.8 Å². The molecule has 3 rings (SSSR count). The van der Waals surface area contributed by atoms with Crippen molar-refractivity contribution in [3.8, 4) is 5.75 Å². The maximum Gasteiger partial charge on any atom is 0.235 e. The van der Waals surface area contributed by atoms with Gasteiger partial charge in [0.2, 0.25) is 10.8 Å². The molecule has 3 aromatic rings. The van der Waals surface area contributed by atoms with Gasteiger partial charge in [0.1, 0.15) is 11.8 Å². The molecule has 0 bridgehead atoms. The number of benzene rings is 1. The standard InChI is InChI=1S/C15H19N5OS2/c1-9(2)12(16)13-17-18-14-20(13)19-15(23-14)22-8-10-5-4-6-11(7-10)21-3/h4-7,9,12H,8,16H2,1-3H3/p+1/t12-/m0/s1. The summed E-state index contributed by atoms with van der Waals surface area (Å²) in [6.07, 6.45) is 0. The molecule has 1 atom stereocenters. The predicted molar refractivity (Wildman–Crippen MR) is 91.7 cm³/mol. The monoisotopic (exact) mass is 350 g/mol. The lowest BCUT2D eigenvalue weighted by Crippen LogP contribution is -2.56. The summed E-state index contributed by atoms with van der Waals surface area (Å²) in [4.78, 5) is 0.822. The van der Waals surface area contributed by atoms with Crippen molar-refractivity contribution in [2.45, 2.75) is 30.0 Å². The number of rotatable bonds is 6. The minimum absolute atomic E-state index is 0.0864. The number of hydrogen-bond donors (Lipinski definition) is 1. The minimum atomic E-state index is 0.0864. The van der Waals surface area contributed by atoms with Crippen molar-refractivity contribution in [1.29, 1.82) is 0 Å². The Bertz CT molecular complexity index is 798. The van der Waals surface area contributed by atoms with Gasteiger partial charge in [0.15, 0.2) is 4.34 Å². The number of aromatic nitrogens is 4. The third-order valence-electron chi connectivity index (χ3n) is 3.63. The third kappa shape index (κ3) is 3.49. The lowest BCUT2D eigenvalue weighted by Gasteiger charge is -2.08. The average molecular weight is 350 g/mol. The molecule has 122 valence electrons. The number of nitrogens with zero attached hydrogens (tertiary/aromatic N) is 4. The van der Waals surface area contributed by atoms with Crippen molar-refractivity contribution in [3.05, 3.63) is 35.7 Å². The van der Waals surface area contributed by atoms with Crippen molar-refractivity contribution >= 4 is 28.1 Å². The van der Waals surface area contributed by atoms with E-state index >= 15 is 0 Å². The van der Waals surface area contributed by atoms with E-state index in [2.05, 4.69) is 40.9 Å². The van der Waals surface area contributed by atoms with Gasteiger partial charge in [0.25, 0.3) is 0 Å². The molecule has 2 aromatic heterocycles. The predicted octanol–water partition coefficient (Wildman–Crippen LogP) is 2.43. The smallest absolute Gasteiger partial charge is 0.235 e. The number of ether oxygens (including phenoxy) is 1. The molecule has 0 aliphatic rings. The van der Waals surface area contributed by atoms with Crippen LogP contribution in [0.3, 0.4) is 0 Å². The maximum atomic E-state index is 5.26. The molecule has 3 N–H and O–H groups in total. The summed E-state index contributed by atoms with van der Waals surface area (Å²) in [7, 11) is 1.68. The lowest BCUT2D eigenvalue weighted by atomic mass is 10.1. The van der Waals surface area contributed by atoms with Crippen LogP contribution in [0.4, 0.5) is 0 Å². The van der Waals surface area contributed by atoms with Gasteiger partial charge in [0, 0.05) is 11.7 Å². The van der Waals surface area contributed by atoms with Gasteiger partial charge in [0.05, 0.1) is 7.11 Å². The molecule has 0 unspecified atom stereocenters. The molecule has 8 heteroatoms. The Morgan fingerprint density at radius 3 is 2.91 bits per heavy atom. The van der Waals surface area contributed by atoms with Gasteiger partial charge in [-0.3, -0.25) is 0 Å². The molecule has 2 heterocycles. The maximum absolute atomic E-state index is 5.26. The van der Waals surface area contributed by atoms with Gasteiger partial charge < -0.3 is 10.5 Å². The molecule has 0 aliphatic carbocycles. The highest BCUT2D eigenvalue weighted by Crippen LogP contribution is 2.29. The number of fused-ring (bicyclic) bond motifs is 1. The second-order valence-electron chi connectivity index (χ2n) is 5.61. The fourth-order valence-electron chi connectivity index (χ4n) is 2.11. The van der Waals surface area contributed by atoms with Crippen LogP contribution >= 0.6 is 23.1 Å². The summed E-state index contributed by atoms with van der Waals surface area (Å²) in [6, 6.07) is 8.17. The number of methoxy groups -OCH3 is 1. The van der Waals surface area contributed by atoms with Crippen LogP contribution in [0.15, 0.2) is 28.6 Å². The van der Waals surface area contributed by atoms with E-state index in [0.717, 1.165) is 26.6 Å². The molecule has 0 aliphatic heterocycles. The van der Waals surface area contributed by atoms with Crippen LogP contribution in [-0.4, -0.2) is 26.9 Å². The first-order valence-electron chi connectivity index (χ1n) is 7.39. The van der Waals surface area contributed by atoms with Gasteiger partial charge in [-0.05, 0) is 17.7 Å². The van der Waals surface area contributed by atoms with Crippen LogP contribution in [0.1, 0.15) is 31.3 Å². The van der Waals surface area contributed by atoms with Crippen molar-refractivity contribution < 1.29 is 10.5 Å². The van der Waals surface area contributed by atoms with E-state index in [0.29, 0.717) is 5.92 Å². The van der Waals surface area contributed by atoms with Crippen molar-refractivity contribution in [2.75, 3.05) is 7.11 Å². The molecular weight excluding hydrogens is 330 g/mol. The van der Waals surface area contributed by atoms with Crippen molar-refractivity contribution in [2.24, 2.45) is 5.92 Å². The van der Waals surface area contributed by atoms with E-state index in [1.807, 2.05) is 22.7 Å². The zero-order valence-corrected chi connectivity index (χ0v) is 15.0. The highest BCUT2D eigenvalue weighted by atomic mass is 32.2. The van der Waals surface area contributed by atoms with Gasteiger partial charge in [-0.2, -0.15) is 4.52 Å². The Morgan fingerprint density at radius 1 is 1.35 bits per heavy atom. The van der Waals surface area contributed by atoms with Crippen LogP contribution < -0.4 is 10.5 Å². The van der Waals surface area contributed by atoms with Gasteiger partial charge >= 0.3 is 0 Å². The molecular formula is C15H20N5OS2+. The van der Waals surface area contributed by atoms with E-state index in [1.54, 1.807) is 30.2 Å². The van der Waals surface area contributed by atoms with Gasteiger partial charge in [-0.1, -0.05) is 49.1 Å². The van der Waals surface area contributed by atoms with Crippen LogP contribution in [-0.2, 0) is 5.75 Å². The molecule has 0 spiro atoms. The second-order valence-corrected chi connectivity index (χ2v) is 7.79. The Labute approximate surface area is 143 Å². The van der Waals surface area contributed by atoms with E-state index in [1.165, 1.54) is 5.56 Å². The lowest BCUT2D eigenvalue weighted by molar-refractivity contribution is -0.440. The van der Waals surface area contributed by atoms with Gasteiger partial charge in [-0.25, -0.2) is 0 Å². The van der Waals surface area contributed by atoms with Gasteiger partial charge in [-0.15, -0.1) is 15.3 Å². The summed E-state index contributed by atoms with van der Waals surface area (Å²) in [5, 5.41) is 13.1. The van der Waals surface area contributed by atoms with E-state index in [4.69, 9.17) is 4.74 Å². The quantitative estimate of drug-likeness (QED) is 0.691. The highest BCUT2D eigenvalue weighted by Gasteiger charge is 2.23. The molecule has 0 saturated carbocycles. The van der Waals surface area contributed by atoms with Crippen LogP contribution in [0.25, 0.3) is 4.96 Å². The molecule has 0 fully saturated rings. The largest absolute Gasteiger partial charge is 0.497 e. The molecule has 0 saturated heterocycles. The Morgan fingerprint density at radius 2 is 2.17 bits per heavy atom. The first-order valence-corrected chi connectivity index (χ1v) is 9.19. The first kappa shape index (κ1) is 16.2. The summed E-state index contributed by atoms with van der Waals surface area (Å²) < 4.78 is 8.07. The van der Waals surface area contributed by atoms with Crippen LogP contribution in [0.5, 0.6) is 5.75 Å². The fraction of sp³-hybridized carbons (Fsp3) is 0.400. The normalized spacial score (nSPS) is 12.9. The zero-order chi connectivity index (χ0) is 16.4. The molecule has 23 heavy (non-hydrogen) atoms. The Kier molecular flexibility index (Phi) is 4.84. The molecule has 6 nitrogen and oxygen atoms in total. The number of hydrogen-bond acceptors (Lipinski definition) is 6.